The molecule has 0 aromatic heterocycles. The SMILES string of the molecule is CC(=O)O/N=C(\N)Cc1ccc(OC(=O)[C@H](C)NC(=O)OC(C)(C)C)cc1. The van der Waals surface area contributed by atoms with Crippen LogP contribution >= 0.6 is 0 Å². The summed E-state index contributed by atoms with van der Waals surface area (Å²) in [6.45, 7) is 7.88. The number of carbonyl (C=O) groups excluding carboxylic acids is 3. The topological polar surface area (TPSA) is 129 Å². The quantitative estimate of drug-likeness (QED) is 0.193. The minimum Gasteiger partial charge on any atom is -0.444 e. The van der Waals surface area contributed by atoms with Gasteiger partial charge in [0.2, 0.25) is 0 Å². The van der Waals surface area contributed by atoms with Gasteiger partial charge in [0.05, 0.1) is 0 Å². The number of hydrogen-bond donors (Lipinski definition) is 2. The van der Waals surface area contributed by atoms with Gasteiger partial charge in [0.15, 0.2) is 0 Å². The summed E-state index contributed by atoms with van der Waals surface area (Å²) in [7, 11) is 0. The Kier molecular flexibility index (Phi) is 7.77. The van der Waals surface area contributed by atoms with Crippen LogP contribution in [0, 0.1) is 0 Å². The first-order valence-corrected chi connectivity index (χ1v) is 8.26. The molecule has 0 spiro atoms. The average molecular weight is 379 g/mol. The van der Waals surface area contributed by atoms with Crippen molar-refractivity contribution in [1.29, 1.82) is 0 Å². The van der Waals surface area contributed by atoms with Gasteiger partial charge >= 0.3 is 18.0 Å². The van der Waals surface area contributed by atoms with E-state index < -0.39 is 29.7 Å². The number of ether oxygens (including phenoxy) is 2. The number of carbonyl (C=O) groups is 3. The smallest absolute Gasteiger partial charge is 0.408 e. The lowest BCUT2D eigenvalue weighted by molar-refractivity contribution is -0.141. The number of hydrogen-bond acceptors (Lipinski definition) is 7. The highest BCUT2D eigenvalue weighted by Gasteiger charge is 2.22. The molecule has 0 heterocycles. The summed E-state index contributed by atoms with van der Waals surface area (Å²) in [6, 6.07) is 5.64. The second kappa shape index (κ2) is 9.56. The van der Waals surface area contributed by atoms with Crippen LogP contribution in [0.25, 0.3) is 0 Å². The zero-order valence-electron chi connectivity index (χ0n) is 16.1. The fraction of sp³-hybridized carbons (Fsp3) is 0.444. The van der Waals surface area contributed by atoms with E-state index in [9.17, 15) is 14.4 Å². The molecule has 0 unspecified atom stereocenters. The molecule has 27 heavy (non-hydrogen) atoms. The summed E-state index contributed by atoms with van der Waals surface area (Å²) < 4.78 is 10.3. The molecule has 3 N–H and O–H groups in total. The van der Waals surface area contributed by atoms with Gasteiger partial charge in [0.1, 0.15) is 23.2 Å². The van der Waals surface area contributed by atoms with Gasteiger partial charge in [-0.25, -0.2) is 14.4 Å². The normalized spacial score (nSPS) is 12.7. The van der Waals surface area contributed by atoms with Crippen molar-refractivity contribution in [3.05, 3.63) is 29.8 Å². The average Bonchev–Trinajstić information content (AvgIpc) is 2.52. The van der Waals surface area contributed by atoms with Crippen molar-refractivity contribution in [2.75, 3.05) is 0 Å². The van der Waals surface area contributed by atoms with Crippen LogP contribution in [0.5, 0.6) is 5.75 Å². The molecule has 0 aliphatic rings. The fourth-order valence-electron chi connectivity index (χ4n) is 1.79. The van der Waals surface area contributed by atoms with Crippen LogP contribution in [-0.2, 0) is 25.6 Å². The van der Waals surface area contributed by atoms with E-state index in [0.717, 1.165) is 5.56 Å². The maximum Gasteiger partial charge on any atom is 0.408 e. The molecule has 0 bridgehead atoms. The highest BCUT2D eigenvalue weighted by molar-refractivity contribution is 5.83. The molecule has 0 fully saturated rings. The van der Waals surface area contributed by atoms with Crippen LogP contribution in [-0.4, -0.2) is 35.5 Å². The van der Waals surface area contributed by atoms with Crippen molar-refractivity contribution in [2.24, 2.45) is 10.9 Å². The minimum atomic E-state index is -0.883. The Balaban J connectivity index is 2.56. The third-order valence-corrected chi connectivity index (χ3v) is 2.91. The molecule has 0 radical (unpaired) electrons. The number of oxime groups is 1. The van der Waals surface area contributed by atoms with Crippen molar-refractivity contribution in [3.63, 3.8) is 0 Å². The van der Waals surface area contributed by atoms with E-state index in [1.54, 1.807) is 45.0 Å². The fourth-order valence-corrected chi connectivity index (χ4v) is 1.79. The lowest BCUT2D eigenvalue weighted by Crippen LogP contribution is -2.43. The molecule has 0 aliphatic heterocycles. The van der Waals surface area contributed by atoms with Crippen molar-refractivity contribution < 1.29 is 28.7 Å². The van der Waals surface area contributed by atoms with Crippen LogP contribution < -0.4 is 15.8 Å². The van der Waals surface area contributed by atoms with Gasteiger partial charge < -0.3 is 25.4 Å². The van der Waals surface area contributed by atoms with E-state index in [0.29, 0.717) is 5.75 Å². The number of nitrogens with one attached hydrogen (secondary N) is 1. The van der Waals surface area contributed by atoms with Crippen LogP contribution in [0.2, 0.25) is 0 Å². The van der Waals surface area contributed by atoms with Gasteiger partial charge in [-0.05, 0) is 45.4 Å². The molecular weight excluding hydrogens is 354 g/mol. The molecule has 1 rings (SSSR count). The number of rotatable bonds is 6. The Morgan fingerprint density at radius 3 is 2.30 bits per heavy atom. The molecule has 0 saturated heterocycles. The van der Waals surface area contributed by atoms with Crippen LogP contribution in [0.3, 0.4) is 0 Å². The van der Waals surface area contributed by atoms with Gasteiger partial charge in [-0.15, -0.1) is 0 Å². The van der Waals surface area contributed by atoms with Gasteiger partial charge in [-0.3, -0.25) is 0 Å². The predicted octanol–water partition coefficient (Wildman–Crippen LogP) is 1.88. The highest BCUT2D eigenvalue weighted by Crippen LogP contribution is 2.14. The van der Waals surface area contributed by atoms with Gasteiger partial charge in [-0.2, -0.15) is 0 Å². The number of amidine groups is 1. The second-order valence-corrected chi connectivity index (χ2v) is 6.78. The number of nitrogens with two attached hydrogens (primary N) is 1. The molecule has 9 heteroatoms. The molecule has 1 amide bonds. The Morgan fingerprint density at radius 1 is 1.19 bits per heavy atom. The molecule has 0 aliphatic carbocycles. The lowest BCUT2D eigenvalue weighted by Gasteiger charge is -2.21. The largest absolute Gasteiger partial charge is 0.444 e. The molecule has 1 aromatic carbocycles. The molecular formula is C18H25N3O6. The monoisotopic (exact) mass is 379 g/mol. The lowest BCUT2D eigenvalue weighted by atomic mass is 10.1. The third-order valence-electron chi connectivity index (χ3n) is 2.91. The van der Waals surface area contributed by atoms with Gasteiger partial charge in [0, 0.05) is 13.3 Å². The molecule has 1 atom stereocenters. The van der Waals surface area contributed by atoms with E-state index in [1.807, 2.05) is 0 Å². The van der Waals surface area contributed by atoms with E-state index in [2.05, 4.69) is 15.3 Å². The summed E-state index contributed by atoms with van der Waals surface area (Å²) in [6.07, 6.45) is -0.442. The van der Waals surface area contributed by atoms with E-state index in [-0.39, 0.29) is 12.3 Å². The Bertz CT molecular complexity index is 707. The summed E-state index contributed by atoms with van der Waals surface area (Å²) in [4.78, 5) is 38.8. The van der Waals surface area contributed by atoms with Crippen molar-refractivity contribution in [3.8, 4) is 5.75 Å². The van der Waals surface area contributed by atoms with Crippen molar-refractivity contribution in [2.45, 2.75) is 52.7 Å². The third kappa shape index (κ3) is 9.24. The maximum absolute atomic E-state index is 12.0. The predicted molar refractivity (Wildman–Crippen MR) is 98.0 cm³/mol. The van der Waals surface area contributed by atoms with E-state index in [4.69, 9.17) is 15.2 Å². The Labute approximate surface area is 157 Å². The van der Waals surface area contributed by atoms with E-state index >= 15 is 0 Å². The Hall–Kier alpha value is -3.10. The first-order valence-electron chi connectivity index (χ1n) is 8.26. The Morgan fingerprint density at radius 2 is 1.78 bits per heavy atom. The first kappa shape index (κ1) is 21.9. The number of amides is 1. The van der Waals surface area contributed by atoms with Crippen molar-refractivity contribution >= 4 is 23.9 Å². The highest BCUT2D eigenvalue weighted by atomic mass is 16.7. The van der Waals surface area contributed by atoms with Gasteiger partial charge in [-0.1, -0.05) is 17.3 Å². The molecule has 148 valence electrons. The van der Waals surface area contributed by atoms with Crippen LogP contribution in [0.1, 0.15) is 40.2 Å². The van der Waals surface area contributed by atoms with E-state index in [1.165, 1.54) is 13.8 Å². The van der Waals surface area contributed by atoms with Gasteiger partial charge in [0.25, 0.3) is 0 Å². The molecule has 0 saturated carbocycles. The minimum absolute atomic E-state index is 0.130. The van der Waals surface area contributed by atoms with Crippen LogP contribution in [0.4, 0.5) is 4.79 Å². The van der Waals surface area contributed by atoms with Crippen molar-refractivity contribution in [1.82, 2.24) is 5.32 Å². The summed E-state index contributed by atoms with van der Waals surface area (Å²) in [5.74, 6) is -0.763. The summed E-state index contributed by atoms with van der Waals surface area (Å²) in [5, 5.41) is 5.88. The zero-order chi connectivity index (χ0) is 20.6. The first-order chi connectivity index (χ1) is 12.5. The number of alkyl carbamates (subject to hydrolysis) is 1. The summed E-state index contributed by atoms with van der Waals surface area (Å²) in [5.41, 5.74) is 5.76. The molecule has 1 aromatic rings. The molecule has 9 nitrogen and oxygen atoms in total. The summed E-state index contributed by atoms with van der Waals surface area (Å²) >= 11 is 0. The number of esters is 1. The number of nitrogens with zero attached hydrogens (tertiary/aromatic N) is 1. The zero-order valence-corrected chi connectivity index (χ0v) is 16.1. The second-order valence-electron chi connectivity index (χ2n) is 6.78. The maximum atomic E-state index is 12.0. The standard InChI is InChI=1S/C18H25N3O6/c1-11(20-17(24)26-18(3,4)5)16(23)25-14-8-6-13(7-9-14)10-15(19)21-27-12(2)22/h6-9,11H,10H2,1-5H3,(H2,19,21)(H,20,24)/t11-/m0/s1. The number of benzene rings is 1. The van der Waals surface area contributed by atoms with Crippen LogP contribution in [0.15, 0.2) is 29.4 Å².